The van der Waals surface area contributed by atoms with Crippen LogP contribution in [0.4, 0.5) is 4.39 Å². The summed E-state index contributed by atoms with van der Waals surface area (Å²) in [7, 11) is 2.05. The Balaban J connectivity index is 2.56. The molecule has 0 aliphatic heterocycles. The lowest BCUT2D eigenvalue weighted by Gasteiger charge is -2.26. The molecule has 1 aromatic carbocycles. The van der Waals surface area contributed by atoms with Gasteiger partial charge in [-0.2, -0.15) is 11.8 Å². The van der Waals surface area contributed by atoms with Crippen LogP contribution in [0.5, 0.6) is 0 Å². The predicted octanol–water partition coefficient (Wildman–Crippen LogP) is 3.78. The van der Waals surface area contributed by atoms with Crippen molar-refractivity contribution in [3.05, 3.63) is 35.1 Å². The molecule has 0 saturated heterocycles. The molecule has 0 aliphatic carbocycles. The normalized spacial score (nSPS) is 12.7. The van der Waals surface area contributed by atoms with E-state index in [1.54, 1.807) is 19.1 Å². The Labute approximate surface area is 125 Å². The summed E-state index contributed by atoms with van der Waals surface area (Å²) >= 11 is 1.82. The molecule has 0 radical (unpaired) electrons. The molecule has 0 amide bonds. The number of hydrogen-bond donors (Lipinski definition) is 0. The summed E-state index contributed by atoms with van der Waals surface area (Å²) in [5.41, 5.74) is 1.05. The van der Waals surface area contributed by atoms with E-state index in [9.17, 15) is 9.18 Å². The molecule has 0 N–H and O–H groups in total. The van der Waals surface area contributed by atoms with Gasteiger partial charge in [0.1, 0.15) is 5.82 Å². The summed E-state index contributed by atoms with van der Waals surface area (Å²) in [6, 6.07) is 5.21. The van der Waals surface area contributed by atoms with Gasteiger partial charge in [-0.3, -0.25) is 4.79 Å². The standard InChI is InChI=1S/C16H24FNOS/c1-5-14(11-20-4)18(3)9-8-16(19)13-7-6-12(2)15(17)10-13/h6-7,10,14H,5,8-9,11H2,1-4H3. The van der Waals surface area contributed by atoms with E-state index >= 15 is 0 Å². The quantitative estimate of drug-likeness (QED) is 0.681. The number of halogens is 1. The number of Topliss-reactive ketones (excluding diaryl/α,β-unsaturated/α-hetero) is 1. The summed E-state index contributed by atoms with van der Waals surface area (Å²) in [4.78, 5) is 14.3. The second kappa shape index (κ2) is 8.42. The summed E-state index contributed by atoms with van der Waals surface area (Å²) < 4.78 is 13.5. The average Bonchev–Trinajstić information content (AvgIpc) is 2.44. The molecule has 2 nitrogen and oxygen atoms in total. The molecule has 112 valence electrons. The molecule has 0 saturated carbocycles. The highest BCUT2D eigenvalue weighted by Crippen LogP contribution is 2.13. The van der Waals surface area contributed by atoms with E-state index < -0.39 is 0 Å². The Hall–Kier alpha value is -0.870. The lowest BCUT2D eigenvalue weighted by Crippen LogP contribution is -2.34. The first-order valence-electron chi connectivity index (χ1n) is 6.98. The van der Waals surface area contributed by atoms with Crippen molar-refractivity contribution < 1.29 is 9.18 Å². The summed E-state index contributed by atoms with van der Waals surface area (Å²) in [6.45, 7) is 4.58. The minimum absolute atomic E-state index is 0.00903. The van der Waals surface area contributed by atoms with Crippen LogP contribution in [0.1, 0.15) is 35.7 Å². The van der Waals surface area contributed by atoms with Crippen LogP contribution in [0, 0.1) is 12.7 Å². The molecule has 0 aliphatic rings. The van der Waals surface area contributed by atoms with Gasteiger partial charge in [0.15, 0.2) is 5.78 Å². The number of carbonyl (C=O) groups excluding carboxylic acids is 1. The monoisotopic (exact) mass is 297 g/mol. The molecule has 1 atom stereocenters. The van der Waals surface area contributed by atoms with Crippen molar-refractivity contribution >= 4 is 17.5 Å². The first kappa shape index (κ1) is 17.2. The first-order chi connectivity index (χ1) is 9.49. The predicted molar refractivity (Wildman–Crippen MR) is 85.2 cm³/mol. The van der Waals surface area contributed by atoms with E-state index in [4.69, 9.17) is 0 Å². The Morgan fingerprint density at radius 1 is 1.45 bits per heavy atom. The molecule has 0 heterocycles. The van der Waals surface area contributed by atoms with Gasteiger partial charge < -0.3 is 4.90 Å². The number of hydrogen-bond acceptors (Lipinski definition) is 3. The van der Waals surface area contributed by atoms with Crippen LogP contribution in [0.25, 0.3) is 0 Å². The molecule has 1 unspecified atom stereocenters. The maximum atomic E-state index is 13.5. The number of rotatable bonds is 8. The average molecular weight is 297 g/mol. The number of benzene rings is 1. The van der Waals surface area contributed by atoms with Crippen molar-refractivity contribution in [2.24, 2.45) is 0 Å². The van der Waals surface area contributed by atoms with Crippen LogP contribution in [-0.2, 0) is 0 Å². The number of carbonyl (C=O) groups is 1. The third kappa shape index (κ3) is 4.91. The highest BCUT2D eigenvalue weighted by atomic mass is 32.2. The van der Waals surface area contributed by atoms with Crippen molar-refractivity contribution in [2.45, 2.75) is 32.7 Å². The van der Waals surface area contributed by atoms with E-state index in [0.29, 0.717) is 30.1 Å². The minimum atomic E-state index is -0.307. The number of thioether (sulfide) groups is 1. The lowest BCUT2D eigenvalue weighted by molar-refractivity contribution is 0.0961. The molecule has 0 spiro atoms. The van der Waals surface area contributed by atoms with Gasteiger partial charge in [0, 0.05) is 30.3 Å². The van der Waals surface area contributed by atoms with Crippen molar-refractivity contribution in [1.82, 2.24) is 4.90 Å². The van der Waals surface area contributed by atoms with Crippen LogP contribution in [-0.4, -0.2) is 42.3 Å². The third-order valence-corrected chi connectivity index (χ3v) is 4.36. The smallest absolute Gasteiger partial charge is 0.164 e. The second-order valence-electron chi connectivity index (χ2n) is 5.14. The summed E-state index contributed by atoms with van der Waals surface area (Å²) in [5, 5.41) is 0. The zero-order chi connectivity index (χ0) is 15.1. The highest BCUT2D eigenvalue weighted by molar-refractivity contribution is 7.98. The van der Waals surface area contributed by atoms with Gasteiger partial charge in [0.2, 0.25) is 0 Å². The summed E-state index contributed by atoms with van der Waals surface area (Å²) in [6.07, 6.45) is 3.60. The Morgan fingerprint density at radius 2 is 2.15 bits per heavy atom. The Bertz CT molecular complexity index is 450. The SMILES string of the molecule is CCC(CSC)N(C)CCC(=O)c1ccc(C)c(F)c1. The van der Waals surface area contributed by atoms with Crippen molar-refractivity contribution in [1.29, 1.82) is 0 Å². The van der Waals surface area contributed by atoms with Gasteiger partial charge in [-0.05, 0) is 38.3 Å². The van der Waals surface area contributed by atoms with Crippen molar-refractivity contribution in [3.63, 3.8) is 0 Å². The van der Waals surface area contributed by atoms with Gasteiger partial charge in [0.05, 0.1) is 0 Å². The molecular formula is C16H24FNOS. The first-order valence-corrected chi connectivity index (χ1v) is 8.37. The highest BCUT2D eigenvalue weighted by Gasteiger charge is 2.14. The topological polar surface area (TPSA) is 20.3 Å². The maximum absolute atomic E-state index is 13.5. The zero-order valence-corrected chi connectivity index (χ0v) is 13.6. The van der Waals surface area contributed by atoms with Crippen molar-refractivity contribution in [3.8, 4) is 0 Å². The van der Waals surface area contributed by atoms with Crippen LogP contribution in [0.15, 0.2) is 18.2 Å². The van der Waals surface area contributed by atoms with Crippen LogP contribution in [0.2, 0.25) is 0 Å². The fourth-order valence-corrected chi connectivity index (χ4v) is 3.00. The third-order valence-electron chi connectivity index (χ3n) is 3.64. The number of nitrogens with zero attached hydrogens (tertiary/aromatic N) is 1. The molecular weight excluding hydrogens is 273 g/mol. The fraction of sp³-hybridized carbons (Fsp3) is 0.562. The van der Waals surface area contributed by atoms with E-state index in [2.05, 4.69) is 18.1 Å². The van der Waals surface area contributed by atoms with Gasteiger partial charge in [0.25, 0.3) is 0 Å². The molecule has 0 bridgehead atoms. The molecule has 4 heteroatoms. The molecule has 1 rings (SSSR count). The summed E-state index contributed by atoms with van der Waals surface area (Å²) in [5.74, 6) is 0.771. The number of ketones is 1. The lowest BCUT2D eigenvalue weighted by atomic mass is 10.1. The van der Waals surface area contributed by atoms with Gasteiger partial charge in [-0.15, -0.1) is 0 Å². The van der Waals surface area contributed by atoms with Crippen LogP contribution in [0.3, 0.4) is 0 Å². The van der Waals surface area contributed by atoms with E-state index in [1.807, 2.05) is 18.8 Å². The fourth-order valence-electron chi connectivity index (χ4n) is 2.12. The van der Waals surface area contributed by atoms with Gasteiger partial charge >= 0.3 is 0 Å². The Kier molecular flexibility index (Phi) is 7.24. The van der Waals surface area contributed by atoms with Crippen LogP contribution >= 0.6 is 11.8 Å². The van der Waals surface area contributed by atoms with Crippen LogP contribution < -0.4 is 0 Å². The Morgan fingerprint density at radius 3 is 2.70 bits per heavy atom. The molecule has 0 fully saturated rings. The molecule has 0 aromatic heterocycles. The zero-order valence-electron chi connectivity index (χ0n) is 12.8. The second-order valence-corrected chi connectivity index (χ2v) is 6.05. The van der Waals surface area contributed by atoms with Gasteiger partial charge in [-0.25, -0.2) is 4.39 Å². The van der Waals surface area contributed by atoms with E-state index in [1.165, 1.54) is 6.07 Å². The molecule has 1 aromatic rings. The number of aryl methyl sites for hydroxylation is 1. The molecule has 20 heavy (non-hydrogen) atoms. The van der Waals surface area contributed by atoms with Gasteiger partial charge in [-0.1, -0.05) is 19.1 Å². The van der Waals surface area contributed by atoms with Crippen molar-refractivity contribution in [2.75, 3.05) is 25.6 Å². The maximum Gasteiger partial charge on any atom is 0.164 e. The van der Waals surface area contributed by atoms with E-state index in [-0.39, 0.29) is 11.6 Å². The van der Waals surface area contributed by atoms with E-state index in [0.717, 1.165) is 12.2 Å². The largest absolute Gasteiger partial charge is 0.302 e. The minimum Gasteiger partial charge on any atom is -0.302 e.